The molecule has 2 heterocycles. The quantitative estimate of drug-likeness (QED) is 0.230. The molecule has 0 unspecified atom stereocenters. The van der Waals surface area contributed by atoms with E-state index in [1.165, 1.54) is 18.3 Å². The van der Waals surface area contributed by atoms with Crippen molar-refractivity contribution in [2.45, 2.75) is 44.0 Å². The predicted octanol–water partition coefficient (Wildman–Crippen LogP) is 2.81. The molecule has 2 aliphatic rings. The Kier molecular flexibility index (Phi) is 8.45. The van der Waals surface area contributed by atoms with Crippen molar-refractivity contribution in [3.8, 4) is 11.5 Å². The third-order valence-electron chi connectivity index (χ3n) is 6.63. The van der Waals surface area contributed by atoms with Crippen LogP contribution in [0.2, 0.25) is 0 Å². The maximum atomic E-state index is 12.8. The van der Waals surface area contributed by atoms with E-state index < -0.39 is 10.0 Å². The van der Waals surface area contributed by atoms with Gasteiger partial charge in [-0.15, -0.1) is 0 Å². The maximum Gasteiger partial charge on any atom is 0.282 e. The largest absolute Gasteiger partial charge is 0.454 e. The van der Waals surface area contributed by atoms with Gasteiger partial charge in [0.2, 0.25) is 6.79 Å². The number of aryl methyl sites for hydroxylation is 1. The molecule has 0 aliphatic carbocycles. The van der Waals surface area contributed by atoms with E-state index in [4.69, 9.17) is 15.3 Å². The van der Waals surface area contributed by atoms with E-state index in [9.17, 15) is 13.2 Å². The Morgan fingerprint density at radius 1 is 1.11 bits per heavy atom. The average Bonchev–Trinajstić information content (AvgIpc) is 3.37. The van der Waals surface area contributed by atoms with Crippen molar-refractivity contribution in [3.05, 3.63) is 53.6 Å². The minimum absolute atomic E-state index is 0.0124. The number of amides is 1. The number of hydrogen-bond donors (Lipinski definition) is 1. The SMILES string of the molecule is Cc1ccc(C(=O)N2CCN(CCCCC(/C=N/S(=O)(=O)c3ccc4c(c3)OCO4)=N/N)[C@H](C)C2)cc1. The second kappa shape index (κ2) is 11.7. The number of benzene rings is 2. The second-order valence-corrected chi connectivity index (χ2v) is 10.9. The third kappa shape index (κ3) is 6.66. The fourth-order valence-corrected chi connectivity index (χ4v) is 5.28. The highest BCUT2D eigenvalue weighted by atomic mass is 32.2. The Labute approximate surface area is 217 Å². The molecule has 10 nitrogen and oxygen atoms in total. The normalized spacial score (nSPS) is 18.5. The van der Waals surface area contributed by atoms with Crippen molar-refractivity contribution in [3.63, 3.8) is 0 Å². The van der Waals surface area contributed by atoms with Crippen molar-refractivity contribution in [1.82, 2.24) is 9.80 Å². The molecule has 2 aliphatic heterocycles. The monoisotopic (exact) mass is 527 g/mol. The molecule has 37 heavy (non-hydrogen) atoms. The van der Waals surface area contributed by atoms with Crippen LogP contribution in [0.4, 0.5) is 0 Å². The van der Waals surface area contributed by atoms with E-state index in [1.807, 2.05) is 36.1 Å². The second-order valence-electron chi connectivity index (χ2n) is 9.30. The fourth-order valence-electron chi connectivity index (χ4n) is 4.40. The van der Waals surface area contributed by atoms with Gasteiger partial charge < -0.3 is 20.2 Å². The third-order valence-corrected chi connectivity index (χ3v) is 7.86. The number of hydrogen-bond acceptors (Lipinski definition) is 8. The molecule has 1 amide bonds. The molecule has 0 radical (unpaired) electrons. The Bertz CT molecular complexity index is 1280. The molecule has 11 heteroatoms. The summed E-state index contributed by atoms with van der Waals surface area (Å²) >= 11 is 0. The van der Waals surface area contributed by atoms with Gasteiger partial charge in [0.1, 0.15) is 0 Å². The van der Waals surface area contributed by atoms with E-state index in [0.717, 1.165) is 37.1 Å². The van der Waals surface area contributed by atoms with Crippen LogP contribution in [-0.4, -0.2) is 75.1 Å². The molecular formula is C26H33N5O5S. The van der Waals surface area contributed by atoms with Gasteiger partial charge in [-0.05, 0) is 63.9 Å². The lowest BCUT2D eigenvalue weighted by molar-refractivity contribution is 0.0511. The Morgan fingerprint density at radius 2 is 1.86 bits per heavy atom. The highest BCUT2D eigenvalue weighted by Gasteiger charge is 2.27. The van der Waals surface area contributed by atoms with Gasteiger partial charge in [-0.1, -0.05) is 17.7 Å². The highest BCUT2D eigenvalue weighted by Crippen LogP contribution is 2.34. The van der Waals surface area contributed by atoms with Gasteiger partial charge in [0, 0.05) is 37.3 Å². The van der Waals surface area contributed by atoms with E-state index in [1.54, 1.807) is 6.07 Å². The van der Waals surface area contributed by atoms with Gasteiger partial charge in [0.05, 0.1) is 16.8 Å². The molecule has 2 aromatic rings. The number of carbonyl (C=O) groups is 1. The number of carbonyl (C=O) groups excluding carboxylic acids is 1. The van der Waals surface area contributed by atoms with Crippen LogP contribution in [0, 0.1) is 6.92 Å². The zero-order valence-electron chi connectivity index (χ0n) is 21.2. The Hall–Kier alpha value is -3.44. The number of sulfonamides is 1. The van der Waals surface area contributed by atoms with E-state index in [-0.39, 0.29) is 23.6 Å². The van der Waals surface area contributed by atoms with Gasteiger partial charge in [0.15, 0.2) is 11.5 Å². The van der Waals surface area contributed by atoms with Crippen LogP contribution < -0.4 is 15.3 Å². The first kappa shape index (κ1) is 26.6. The first-order valence-electron chi connectivity index (χ1n) is 12.3. The minimum atomic E-state index is -3.92. The standard InChI is InChI=1S/C26H33N5O5S/c1-19-6-8-21(9-7-19)26(32)31-14-13-30(20(2)17-31)12-4-3-5-22(29-27)16-28-37(33,34)23-10-11-24-25(15-23)36-18-35-24/h6-11,15-16,20H,3-5,12-14,17-18,27H2,1-2H3/b28-16+,29-22-/t20-/m1/s1. The van der Waals surface area contributed by atoms with Crippen molar-refractivity contribution >= 4 is 27.9 Å². The summed E-state index contributed by atoms with van der Waals surface area (Å²) in [5, 5.41) is 3.71. The van der Waals surface area contributed by atoms with Crippen molar-refractivity contribution in [1.29, 1.82) is 0 Å². The van der Waals surface area contributed by atoms with Gasteiger partial charge in [-0.2, -0.15) is 17.9 Å². The molecule has 2 N–H and O–H groups in total. The molecule has 2 aromatic carbocycles. The molecule has 0 saturated carbocycles. The zero-order chi connectivity index (χ0) is 26.4. The van der Waals surface area contributed by atoms with E-state index >= 15 is 0 Å². The Balaban J connectivity index is 1.22. The zero-order valence-corrected chi connectivity index (χ0v) is 22.0. The summed E-state index contributed by atoms with van der Waals surface area (Å²) in [5.41, 5.74) is 2.27. The summed E-state index contributed by atoms with van der Waals surface area (Å²) in [4.78, 5) is 17.1. The van der Waals surface area contributed by atoms with Crippen LogP contribution in [0.3, 0.4) is 0 Å². The number of fused-ring (bicyclic) bond motifs is 1. The highest BCUT2D eigenvalue weighted by molar-refractivity contribution is 7.90. The van der Waals surface area contributed by atoms with Crippen molar-refractivity contribution < 1.29 is 22.7 Å². The Morgan fingerprint density at radius 3 is 2.59 bits per heavy atom. The molecule has 0 spiro atoms. The van der Waals surface area contributed by atoms with Crippen molar-refractivity contribution in [2.24, 2.45) is 15.3 Å². The van der Waals surface area contributed by atoms with Crippen LogP contribution >= 0.6 is 0 Å². The molecule has 198 valence electrons. The summed E-state index contributed by atoms with van der Waals surface area (Å²) < 4.78 is 39.4. The van der Waals surface area contributed by atoms with Crippen LogP contribution in [0.15, 0.2) is 56.9 Å². The maximum absolute atomic E-state index is 12.8. The van der Waals surface area contributed by atoms with E-state index in [0.29, 0.717) is 36.7 Å². The number of rotatable bonds is 9. The van der Waals surface area contributed by atoms with Gasteiger partial charge >= 0.3 is 0 Å². The number of nitrogens with zero attached hydrogens (tertiary/aromatic N) is 4. The van der Waals surface area contributed by atoms with Crippen LogP contribution in [0.1, 0.15) is 42.1 Å². The molecule has 0 aromatic heterocycles. The number of nitrogens with two attached hydrogens (primary N) is 1. The summed E-state index contributed by atoms with van der Waals surface area (Å²) in [7, 11) is -3.92. The lowest BCUT2D eigenvalue weighted by Gasteiger charge is -2.40. The van der Waals surface area contributed by atoms with Crippen molar-refractivity contribution in [2.75, 3.05) is 33.0 Å². The first-order chi connectivity index (χ1) is 17.8. The van der Waals surface area contributed by atoms with Gasteiger partial charge in [-0.25, -0.2) is 0 Å². The first-order valence-corrected chi connectivity index (χ1v) is 13.8. The van der Waals surface area contributed by atoms with Gasteiger partial charge in [-0.3, -0.25) is 9.69 Å². The molecule has 1 atom stereocenters. The summed E-state index contributed by atoms with van der Waals surface area (Å²) in [6, 6.07) is 12.3. The molecule has 0 bridgehead atoms. The van der Waals surface area contributed by atoms with Crippen LogP contribution in [0.5, 0.6) is 11.5 Å². The number of piperazine rings is 1. The lowest BCUT2D eigenvalue weighted by atomic mass is 10.1. The average molecular weight is 528 g/mol. The molecule has 1 fully saturated rings. The van der Waals surface area contributed by atoms with Crippen LogP contribution in [-0.2, 0) is 10.0 Å². The molecular weight excluding hydrogens is 494 g/mol. The van der Waals surface area contributed by atoms with Gasteiger partial charge in [0.25, 0.3) is 15.9 Å². The van der Waals surface area contributed by atoms with Crippen LogP contribution in [0.25, 0.3) is 0 Å². The smallest absolute Gasteiger partial charge is 0.282 e. The summed E-state index contributed by atoms with van der Waals surface area (Å²) in [5.74, 6) is 6.43. The minimum Gasteiger partial charge on any atom is -0.454 e. The van der Waals surface area contributed by atoms with E-state index in [2.05, 4.69) is 21.3 Å². The molecule has 4 rings (SSSR count). The lowest BCUT2D eigenvalue weighted by Crippen LogP contribution is -2.53. The number of hydrazone groups is 1. The number of ether oxygens (including phenoxy) is 2. The predicted molar refractivity (Wildman–Crippen MR) is 142 cm³/mol. The molecule has 1 saturated heterocycles. The topological polar surface area (TPSA) is 127 Å². The fraction of sp³-hybridized carbons (Fsp3) is 0.423. The number of unbranched alkanes of at least 4 members (excludes halogenated alkanes) is 1. The summed E-state index contributed by atoms with van der Waals surface area (Å²) in [6.07, 6.45) is 3.38. The summed E-state index contributed by atoms with van der Waals surface area (Å²) in [6.45, 7) is 7.27.